The van der Waals surface area contributed by atoms with E-state index in [4.69, 9.17) is 11.5 Å². The van der Waals surface area contributed by atoms with Crippen LogP contribution in [0, 0.1) is 0 Å². The molecule has 2 heterocycles. The summed E-state index contributed by atoms with van der Waals surface area (Å²) >= 11 is 0. The first-order chi connectivity index (χ1) is 10.2. The average Bonchev–Trinajstić information content (AvgIpc) is 2.44. The van der Waals surface area contributed by atoms with Crippen molar-refractivity contribution >= 4 is 11.8 Å². The number of anilines is 2. The molecular weight excluding hydrogens is 266 g/mol. The fourth-order valence-corrected chi connectivity index (χ4v) is 2.47. The summed E-state index contributed by atoms with van der Waals surface area (Å²) < 4.78 is 0. The van der Waals surface area contributed by atoms with Gasteiger partial charge in [-0.3, -0.25) is 9.97 Å². The van der Waals surface area contributed by atoms with Crippen molar-refractivity contribution in [1.29, 1.82) is 0 Å². The predicted octanol–water partition coefficient (Wildman–Crippen LogP) is 0.708. The number of aromatic nitrogens is 4. The minimum Gasteiger partial charge on any atom is -0.370 e. The molecule has 0 spiro atoms. The van der Waals surface area contributed by atoms with Gasteiger partial charge in [0.2, 0.25) is 5.95 Å². The summed E-state index contributed by atoms with van der Waals surface area (Å²) in [5.74, 6) is 1.46. The van der Waals surface area contributed by atoms with Crippen molar-refractivity contribution in [2.75, 3.05) is 17.6 Å². The zero-order valence-electron chi connectivity index (χ0n) is 11.7. The molecule has 0 aromatic carbocycles. The molecule has 1 saturated carbocycles. The van der Waals surface area contributed by atoms with Crippen molar-refractivity contribution in [2.45, 2.75) is 31.2 Å². The topological polar surface area (TPSA) is 116 Å². The fraction of sp³-hybridized carbons (Fsp3) is 0.429. The molecule has 1 aliphatic carbocycles. The molecule has 21 heavy (non-hydrogen) atoms. The van der Waals surface area contributed by atoms with E-state index in [1.54, 1.807) is 18.6 Å². The summed E-state index contributed by atoms with van der Waals surface area (Å²) in [5, 5.41) is 3.26. The molecule has 0 atom stereocenters. The zero-order valence-corrected chi connectivity index (χ0v) is 11.7. The zero-order chi connectivity index (χ0) is 14.7. The van der Waals surface area contributed by atoms with Gasteiger partial charge < -0.3 is 16.8 Å². The van der Waals surface area contributed by atoms with E-state index in [-0.39, 0.29) is 0 Å². The SMILES string of the molecule is Nc1nc(NCCc2cnccn2)cc(C2CC(N)C2)n1. The highest BCUT2D eigenvalue weighted by atomic mass is 15.1. The van der Waals surface area contributed by atoms with E-state index in [0.717, 1.165) is 43.0 Å². The molecule has 7 nitrogen and oxygen atoms in total. The van der Waals surface area contributed by atoms with Crippen LogP contribution in [-0.2, 0) is 6.42 Å². The van der Waals surface area contributed by atoms with Gasteiger partial charge in [0.15, 0.2) is 0 Å². The second kappa shape index (κ2) is 6.01. The minimum absolute atomic E-state index is 0.291. The van der Waals surface area contributed by atoms with Crippen molar-refractivity contribution in [3.63, 3.8) is 0 Å². The molecule has 0 aliphatic heterocycles. The highest BCUT2D eigenvalue weighted by molar-refractivity contribution is 5.42. The Bertz CT molecular complexity index is 596. The van der Waals surface area contributed by atoms with Crippen molar-refractivity contribution in [2.24, 2.45) is 5.73 Å². The molecule has 0 amide bonds. The van der Waals surface area contributed by atoms with Gasteiger partial charge in [-0.25, -0.2) is 4.98 Å². The van der Waals surface area contributed by atoms with Crippen molar-refractivity contribution in [3.05, 3.63) is 36.0 Å². The van der Waals surface area contributed by atoms with Gasteiger partial charge in [-0.1, -0.05) is 0 Å². The third kappa shape index (κ3) is 3.43. The summed E-state index contributed by atoms with van der Waals surface area (Å²) in [5.41, 5.74) is 13.5. The van der Waals surface area contributed by atoms with Gasteiger partial charge in [-0.15, -0.1) is 0 Å². The lowest BCUT2D eigenvalue weighted by molar-refractivity contribution is 0.345. The third-order valence-corrected chi connectivity index (χ3v) is 3.66. The van der Waals surface area contributed by atoms with Crippen LogP contribution in [0.1, 0.15) is 30.1 Å². The Labute approximate surface area is 123 Å². The molecule has 1 fully saturated rings. The van der Waals surface area contributed by atoms with E-state index in [0.29, 0.717) is 17.9 Å². The van der Waals surface area contributed by atoms with Crippen LogP contribution in [0.3, 0.4) is 0 Å². The van der Waals surface area contributed by atoms with Crippen molar-refractivity contribution in [3.8, 4) is 0 Å². The number of nitrogens with one attached hydrogen (secondary N) is 1. The minimum atomic E-state index is 0.291. The average molecular weight is 285 g/mol. The molecule has 0 saturated heterocycles. The number of nitrogens with zero attached hydrogens (tertiary/aromatic N) is 4. The van der Waals surface area contributed by atoms with E-state index in [1.165, 1.54) is 0 Å². The maximum absolute atomic E-state index is 5.82. The molecule has 0 radical (unpaired) electrons. The highest BCUT2D eigenvalue weighted by Gasteiger charge is 2.29. The molecule has 5 N–H and O–H groups in total. The summed E-state index contributed by atoms with van der Waals surface area (Å²) in [6.07, 6.45) is 7.83. The van der Waals surface area contributed by atoms with Crippen molar-refractivity contribution < 1.29 is 0 Å². The van der Waals surface area contributed by atoms with Crippen LogP contribution in [0.4, 0.5) is 11.8 Å². The Hall–Kier alpha value is -2.28. The van der Waals surface area contributed by atoms with Crippen LogP contribution < -0.4 is 16.8 Å². The number of hydrogen-bond acceptors (Lipinski definition) is 7. The van der Waals surface area contributed by atoms with Crippen LogP contribution in [-0.4, -0.2) is 32.5 Å². The van der Waals surface area contributed by atoms with Gasteiger partial charge in [0.25, 0.3) is 0 Å². The molecule has 2 aromatic heterocycles. The molecule has 3 rings (SSSR count). The summed E-state index contributed by atoms with van der Waals surface area (Å²) in [6.45, 7) is 0.721. The van der Waals surface area contributed by atoms with Gasteiger partial charge >= 0.3 is 0 Å². The van der Waals surface area contributed by atoms with E-state index in [1.807, 2.05) is 6.07 Å². The smallest absolute Gasteiger partial charge is 0.222 e. The first-order valence-electron chi connectivity index (χ1n) is 7.09. The molecule has 0 bridgehead atoms. The van der Waals surface area contributed by atoms with Gasteiger partial charge in [0.1, 0.15) is 5.82 Å². The van der Waals surface area contributed by atoms with Crippen LogP contribution in [0.5, 0.6) is 0 Å². The summed E-state index contributed by atoms with van der Waals surface area (Å²) in [6, 6.07) is 2.25. The van der Waals surface area contributed by atoms with Gasteiger partial charge in [0, 0.05) is 49.6 Å². The number of hydrogen-bond donors (Lipinski definition) is 3. The molecule has 0 unspecified atom stereocenters. The molecule has 1 aliphatic rings. The van der Waals surface area contributed by atoms with Crippen LogP contribution in [0.15, 0.2) is 24.7 Å². The second-order valence-corrected chi connectivity index (χ2v) is 5.34. The first kappa shape index (κ1) is 13.7. The van der Waals surface area contributed by atoms with E-state index in [9.17, 15) is 0 Å². The highest BCUT2D eigenvalue weighted by Crippen LogP contribution is 2.35. The lowest BCUT2D eigenvalue weighted by Crippen LogP contribution is -2.35. The number of nitrogen functional groups attached to an aromatic ring is 1. The van der Waals surface area contributed by atoms with Gasteiger partial charge in [0.05, 0.1) is 11.4 Å². The Morgan fingerprint density at radius 2 is 2.10 bits per heavy atom. The lowest BCUT2D eigenvalue weighted by Gasteiger charge is -2.32. The van der Waals surface area contributed by atoms with Crippen LogP contribution >= 0.6 is 0 Å². The Kier molecular flexibility index (Phi) is 3.92. The Morgan fingerprint density at radius 1 is 1.24 bits per heavy atom. The summed E-state index contributed by atoms with van der Waals surface area (Å²) in [7, 11) is 0. The van der Waals surface area contributed by atoms with Crippen LogP contribution in [0.2, 0.25) is 0 Å². The second-order valence-electron chi connectivity index (χ2n) is 5.34. The van der Waals surface area contributed by atoms with E-state index < -0.39 is 0 Å². The first-order valence-corrected chi connectivity index (χ1v) is 7.09. The molecule has 2 aromatic rings. The Balaban J connectivity index is 1.60. The van der Waals surface area contributed by atoms with Crippen molar-refractivity contribution in [1.82, 2.24) is 19.9 Å². The molecule has 7 heteroatoms. The largest absolute Gasteiger partial charge is 0.370 e. The Morgan fingerprint density at radius 3 is 2.81 bits per heavy atom. The third-order valence-electron chi connectivity index (χ3n) is 3.66. The number of nitrogens with two attached hydrogens (primary N) is 2. The van der Waals surface area contributed by atoms with Gasteiger partial charge in [-0.2, -0.15) is 4.98 Å². The molecule has 110 valence electrons. The van der Waals surface area contributed by atoms with Gasteiger partial charge in [-0.05, 0) is 12.8 Å². The number of rotatable bonds is 5. The predicted molar refractivity (Wildman–Crippen MR) is 80.6 cm³/mol. The molecular formula is C14H19N7. The lowest BCUT2D eigenvalue weighted by atomic mass is 9.78. The quantitative estimate of drug-likeness (QED) is 0.740. The van der Waals surface area contributed by atoms with E-state index >= 15 is 0 Å². The maximum Gasteiger partial charge on any atom is 0.222 e. The standard InChI is InChI=1S/C14H19N7/c15-10-5-9(6-10)12-7-13(21-14(16)20-12)19-2-1-11-8-17-3-4-18-11/h3-4,7-10H,1-2,5-6,15H2,(H3,16,19,20,21). The van der Waals surface area contributed by atoms with Crippen LogP contribution in [0.25, 0.3) is 0 Å². The van der Waals surface area contributed by atoms with E-state index in [2.05, 4.69) is 25.3 Å². The normalized spacial score (nSPS) is 20.8. The summed E-state index contributed by atoms with van der Waals surface area (Å²) in [4.78, 5) is 16.8. The maximum atomic E-state index is 5.82. The fourth-order valence-electron chi connectivity index (χ4n) is 2.47. The monoisotopic (exact) mass is 285 g/mol.